The van der Waals surface area contributed by atoms with E-state index in [0.717, 1.165) is 22.5 Å². The van der Waals surface area contributed by atoms with Crippen LogP contribution in [0.3, 0.4) is 0 Å². The second kappa shape index (κ2) is 5.51. The summed E-state index contributed by atoms with van der Waals surface area (Å²) >= 11 is 9.35. The molecule has 0 aliphatic rings. The van der Waals surface area contributed by atoms with Gasteiger partial charge < -0.3 is 5.32 Å². The first kappa shape index (κ1) is 14.3. The number of anilines is 1. The number of hydrogen-bond donors (Lipinski definition) is 1. The minimum atomic E-state index is -0.265. The van der Waals surface area contributed by atoms with E-state index in [9.17, 15) is 4.39 Å². The molecule has 0 unspecified atom stereocenters. The lowest BCUT2D eigenvalue weighted by atomic mass is 10.2. The largest absolute Gasteiger partial charge is 0.381 e. The third kappa shape index (κ3) is 2.92. The van der Waals surface area contributed by atoms with Crippen LogP contribution in [-0.2, 0) is 13.6 Å². The summed E-state index contributed by atoms with van der Waals surface area (Å²) in [5.41, 5.74) is 3.55. The summed E-state index contributed by atoms with van der Waals surface area (Å²) in [7, 11) is 1.80. The molecule has 2 aromatic rings. The Morgan fingerprint density at radius 1 is 1.42 bits per heavy atom. The molecule has 1 N–H and O–H groups in total. The van der Waals surface area contributed by atoms with Crippen molar-refractivity contribution in [2.75, 3.05) is 5.32 Å². The first-order valence-electron chi connectivity index (χ1n) is 5.77. The minimum Gasteiger partial charge on any atom is -0.381 e. The van der Waals surface area contributed by atoms with E-state index in [4.69, 9.17) is 11.6 Å². The Morgan fingerprint density at radius 2 is 2.11 bits per heavy atom. The van der Waals surface area contributed by atoms with Crippen molar-refractivity contribution in [3.8, 4) is 0 Å². The average Bonchev–Trinajstić information content (AvgIpc) is 2.57. The predicted molar refractivity (Wildman–Crippen MR) is 79.1 cm³/mol. The zero-order valence-corrected chi connectivity index (χ0v) is 13.2. The van der Waals surface area contributed by atoms with Crippen LogP contribution in [0.15, 0.2) is 16.6 Å². The van der Waals surface area contributed by atoms with Crippen LogP contribution in [0.5, 0.6) is 0 Å². The van der Waals surface area contributed by atoms with Crippen molar-refractivity contribution in [3.63, 3.8) is 0 Å². The van der Waals surface area contributed by atoms with E-state index >= 15 is 0 Å². The number of nitrogens with zero attached hydrogens (tertiary/aromatic N) is 2. The molecule has 0 atom stereocenters. The van der Waals surface area contributed by atoms with Gasteiger partial charge in [0.25, 0.3) is 0 Å². The Morgan fingerprint density at radius 3 is 2.68 bits per heavy atom. The fourth-order valence-electron chi connectivity index (χ4n) is 1.90. The molecule has 19 heavy (non-hydrogen) atoms. The number of hydrogen-bond acceptors (Lipinski definition) is 2. The van der Waals surface area contributed by atoms with Gasteiger partial charge in [-0.05, 0) is 47.5 Å². The van der Waals surface area contributed by atoms with Crippen molar-refractivity contribution < 1.29 is 4.39 Å². The highest BCUT2D eigenvalue weighted by atomic mass is 79.9. The Kier molecular flexibility index (Phi) is 4.16. The summed E-state index contributed by atoms with van der Waals surface area (Å²) in [5, 5.41) is 8.12. The maximum atomic E-state index is 13.3. The molecule has 0 spiro atoms. The lowest BCUT2D eigenvalue weighted by molar-refractivity contribution is 0.620. The van der Waals surface area contributed by atoms with Crippen LogP contribution in [0, 0.1) is 19.7 Å². The van der Waals surface area contributed by atoms with Crippen LogP contribution in [0.1, 0.15) is 16.8 Å². The van der Waals surface area contributed by atoms with Gasteiger partial charge >= 0.3 is 0 Å². The van der Waals surface area contributed by atoms with Crippen molar-refractivity contribution in [2.45, 2.75) is 20.4 Å². The third-order valence-corrected chi connectivity index (χ3v) is 4.07. The van der Waals surface area contributed by atoms with Crippen LogP contribution >= 0.6 is 27.5 Å². The van der Waals surface area contributed by atoms with E-state index in [-0.39, 0.29) is 5.82 Å². The Labute approximate surface area is 124 Å². The number of nitrogens with one attached hydrogen (secondary N) is 1. The summed E-state index contributed by atoms with van der Waals surface area (Å²) in [5.74, 6) is -0.265. The van der Waals surface area contributed by atoms with Crippen LogP contribution in [0.2, 0.25) is 5.15 Å². The molecule has 0 amide bonds. The monoisotopic (exact) mass is 345 g/mol. The summed E-state index contributed by atoms with van der Waals surface area (Å²) in [4.78, 5) is 0. The van der Waals surface area contributed by atoms with Crippen LogP contribution in [0.25, 0.3) is 0 Å². The molecule has 1 aromatic heterocycles. The highest BCUT2D eigenvalue weighted by Crippen LogP contribution is 2.26. The molecule has 2 rings (SSSR count). The number of aromatic nitrogens is 2. The van der Waals surface area contributed by atoms with Crippen molar-refractivity contribution >= 4 is 33.2 Å². The average molecular weight is 347 g/mol. The van der Waals surface area contributed by atoms with Crippen molar-refractivity contribution in [1.82, 2.24) is 9.78 Å². The van der Waals surface area contributed by atoms with Crippen molar-refractivity contribution in [3.05, 3.63) is 44.4 Å². The van der Waals surface area contributed by atoms with Crippen molar-refractivity contribution in [1.29, 1.82) is 0 Å². The van der Waals surface area contributed by atoms with Gasteiger partial charge in [-0.2, -0.15) is 5.10 Å². The third-order valence-electron chi connectivity index (χ3n) is 2.99. The molecule has 0 fully saturated rings. The van der Waals surface area contributed by atoms with Gasteiger partial charge in [0.1, 0.15) is 11.0 Å². The molecule has 6 heteroatoms. The Bertz CT molecular complexity index is 625. The number of halogens is 3. The summed E-state index contributed by atoms with van der Waals surface area (Å²) in [6.07, 6.45) is 0. The second-order valence-corrected chi connectivity index (χ2v) is 5.63. The first-order valence-corrected chi connectivity index (χ1v) is 6.94. The standard InChI is InChI=1S/C13H14BrClFN3/c1-7-4-11(16)10(14)5-12(7)17-6-9-8(2)18-19(3)13(9)15/h4-5,17H,6H2,1-3H3. The molecule has 1 aromatic carbocycles. The van der Waals surface area contributed by atoms with Gasteiger partial charge in [0.15, 0.2) is 0 Å². The quantitative estimate of drug-likeness (QED) is 0.902. The molecule has 0 saturated carbocycles. The van der Waals surface area contributed by atoms with Gasteiger partial charge in [-0.15, -0.1) is 0 Å². The van der Waals surface area contributed by atoms with Gasteiger partial charge in [0, 0.05) is 24.8 Å². The zero-order valence-electron chi connectivity index (χ0n) is 10.9. The lowest BCUT2D eigenvalue weighted by Crippen LogP contribution is -2.03. The minimum absolute atomic E-state index is 0.265. The lowest BCUT2D eigenvalue weighted by Gasteiger charge is -2.10. The van der Waals surface area contributed by atoms with Crippen LogP contribution in [0.4, 0.5) is 10.1 Å². The summed E-state index contributed by atoms with van der Waals surface area (Å²) in [6, 6.07) is 3.22. The smallest absolute Gasteiger partial charge is 0.137 e. The van der Waals surface area contributed by atoms with E-state index in [0.29, 0.717) is 16.2 Å². The van der Waals surface area contributed by atoms with E-state index in [2.05, 4.69) is 26.3 Å². The summed E-state index contributed by atoms with van der Waals surface area (Å²) < 4.78 is 15.4. The molecule has 0 aliphatic carbocycles. The molecule has 0 saturated heterocycles. The molecule has 102 valence electrons. The van der Waals surface area contributed by atoms with Crippen LogP contribution in [-0.4, -0.2) is 9.78 Å². The first-order chi connectivity index (χ1) is 8.90. The molecular formula is C13H14BrClFN3. The zero-order chi connectivity index (χ0) is 14.2. The maximum Gasteiger partial charge on any atom is 0.137 e. The van der Waals surface area contributed by atoms with E-state index in [1.807, 2.05) is 13.8 Å². The predicted octanol–water partition coefficient (Wildman–Crippen LogP) is 4.20. The molecule has 1 heterocycles. The van der Waals surface area contributed by atoms with Crippen LogP contribution < -0.4 is 5.32 Å². The fourth-order valence-corrected chi connectivity index (χ4v) is 2.48. The number of aryl methyl sites for hydroxylation is 3. The molecule has 0 aliphatic heterocycles. The Balaban J connectivity index is 2.21. The molecular weight excluding hydrogens is 333 g/mol. The molecule has 0 radical (unpaired) electrons. The van der Waals surface area contributed by atoms with Gasteiger partial charge in [-0.3, -0.25) is 4.68 Å². The van der Waals surface area contributed by atoms with Gasteiger partial charge in [0.2, 0.25) is 0 Å². The van der Waals surface area contributed by atoms with E-state index < -0.39 is 0 Å². The fraction of sp³-hybridized carbons (Fsp3) is 0.308. The highest BCUT2D eigenvalue weighted by Gasteiger charge is 2.12. The summed E-state index contributed by atoms with van der Waals surface area (Å²) in [6.45, 7) is 4.32. The van der Waals surface area contributed by atoms with Gasteiger partial charge in [0.05, 0.1) is 10.2 Å². The highest BCUT2D eigenvalue weighted by molar-refractivity contribution is 9.10. The second-order valence-electron chi connectivity index (χ2n) is 4.41. The van der Waals surface area contributed by atoms with Crippen molar-refractivity contribution in [2.24, 2.45) is 7.05 Å². The topological polar surface area (TPSA) is 29.9 Å². The van der Waals surface area contributed by atoms with E-state index in [1.54, 1.807) is 17.8 Å². The van der Waals surface area contributed by atoms with E-state index in [1.165, 1.54) is 6.07 Å². The normalized spacial score (nSPS) is 10.8. The maximum absolute atomic E-state index is 13.3. The van der Waals surface area contributed by atoms with Gasteiger partial charge in [-0.25, -0.2) is 4.39 Å². The number of benzene rings is 1. The van der Waals surface area contributed by atoms with Gasteiger partial charge in [-0.1, -0.05) is 11.6 Å². The SMILES string of the molecule is Cc1cc(F)c(Br)cc1NCc1c(C)nn(C)c1Cl. The molecule has 3 nitrogen and oxygen atoms in total. The molecule has 0 bridgehead atoms. The Hall–Kier alpha value is -1.07. The number of rotatable bonds is 3.